The van der Waals surface area contributed by atoms with Gasteiger partial charge >= 0.3 is 0 Å². The quantitative estimate of drug-likeness (QED) is 0.820. The molecular weight excluding hydrogens is 316 g/mol. The van der Waals surface area contributed by atoms with Gasteiger partial charge in [0, 0.05) is 44.6 Å². The Morgan fingerprint density at radius 2 is 2.08 bits per heavy atom. The summed E-state index contributed by atoms with van der Waals surface area (Å²) in [6.07, 6.45) is 4.87. The number of piperidine rings is 1. The first-order chi connectivity index (χ1) is 12.2. The minimum absolute atomic E-state index is 0.297. The van der Waals surface area contributed by atoms with Gasteiger partial charge in [0.1, 0.15) is 11.6 Å². The fourth-order valence-corrected chi connectivity index (χ4v) is 3.67. The van der Waals surface area contributed by atoms with Crippen molar-refractivity contribution in [1.82, 2.24) is 14.9 Å². The lowest BCUT2D eigenvalue weighted by Crippen LogP contribution is -2.39. The maximum absolute atomic E-state index is 12.4. The Balaban J connectivity index is 1.71. The van der Waals surface area contributed by atoms with Crippen LogP contribution in [0.25, 0.3) is 0 Å². The minimum atomic E-state index is 0.297. The van der Waals surface area contributed by atoms with Crippen LogP contribution in [0.1, 0.15) is 56.5 Å². The van der Waals surface area contributed by atoms with Gasteiger partial charge in [-0.05, 0) is 26.2 Å². The third-order valence-corrected chi connectivity index (χ3v) is 5.12. The number of likely N-dealkylation sites (tertiary alicyclic amines) is 1. The fourth-order valence-electron chi connectivity index (χ4n) is 3.67. The van der Waals surface area contributed by atoms with Gasteiger partial charge < -0.3 is 14.5 Å². The number of anilines is 1. The van der Waals surface area contributed by atoms with Gasteiger partial charge in [0.05, 0.1) is 18.9 Å². The van der Waals surface area contributed by atoms with E-state index >= 15 is 0 Å². The van der Waals surface area contributed by atoms with Crippen LogP contribution in [-0.4, -0.2) is 60.2 Å². The molecule has 6 nitrogen and oxygen atoms in total. The lowest BCUT2D eigenvalue weighted by molar-refractivity contribution is -0.132. The van der Waals surface area contributed by atoms with E-state index < -0.39 is 0 Å². The topological polar surface area (TPSA) is 58.6 Å². The normalized spacial score (nSPS) is 21.4. The molecule has 2 aliphatic heterocycles. The van der Waals surface area contributed by atoms with Crippen LogP contribution in [0.4, 0.5) is 5.82 Å². The van der Waals surface area contributed by atoms with E-state index in [2.05, 4.69) is 22.9 Å². The number of ether oxygens (including phenoxy) is 1. The number of morpholine rings is 1. The lowest BCUT2D eigenvalue weighted by atomic mass is 9.94. The smallest absolute Gasteiger partial charge is 0.222 e. The van der Waals surface area contributed by atoms with Crippen molar-refractivity contribution in [2.45, 2.75) is 51.9 Å². The van der Waals surface area contributed by atoms with Crippen molar-refractivity contribution in [1.29, 1.82) is 0 Å². The molecule has 25 heavy (non-hydrogen) atoms. The van der Waals surface area contributed by atoms with Crippen molar-refractivity contribution in [3.05, 3.63) is 17.6 Å². The second kappa shape index (κ2) is 8.61. The molecular formula is C19H30N4O2. The van der Waals surface area contributed by atoms with E-state index in [1.807, 2.05) is 11.8 Å². The number of hydrogen-bond donors (Lipinski definition) is 0. The summed E-state index contributed by atoms with van der Waals surface area (Å²) < 4.78 is 5.44. The molecule has 2 fully saturated rings. The number of hydrogen-bond acceptors (Lipinski definition) is 5. The Bertz CT molecular complexity index is 587. The molecule has 6 heteroatoms. The van der Waals surface area contributed by atoms with Gasteiger partial charge in [0.15, 0.2) is 0 Å². The summed E-state index contributed by atoms with van der Waals surface area (Å²) in [5, 5.41) is 0. The largest absolute Gasteiger partial charge is 0.378 e. The van der Waals surface area contributed by atoms with Crippen LogP contribution >= 0.6 is 0 Å². The number of aromatic nitrogens is 2. The van der Waals surface area contributed by atoms with E-state index in [1.54, 1.807) is 0 Å². The molecule has 0 unspecified atom stereocenters. The van der Waals surface area contributed by atoms with Gasteiger partial charge in [-0.2, -0.15) is 0 Å². The van der Waals surface area contributed by atoms with E-state index in [4.69, 9.17) is 9.72 Å². The number of rotatable bonds is 5. The molecule has 0 spiro atoms. The number of carbonyl (C=O) groups excluding carboxylic acids is 1. The first-order valence-corrected chi connectivity index (χ1v) is 9.63. The second-order valence-electron chi connectivity index (χ2n) is 7.08. The van der Waals surface area contributed by atoms with E-state index in [1.165, 1.54) is 0 Å². The predicted molar refractivity (Wildman–Crippen MR) is 97.9 cm³/mol. The molecule has 3 heterocycles. The Kier molecular flexibility index (Phi) is 6.24. The first-order valence-electron chi connectivity index (χ1n) is 9.63. The van der Waals surface area contributed by atoms with Gasteiger partial charge in [-0.1, -0.05) is 13.3 Å². The standard InChI is InChI=1S/C19H30N4O2/c1-3-4-7-19(24)23-8-5-6-16(14-23)17-13-18(21-15(2)20-17)22-9-11-25-12-10-22/h13,16H,3-12,14H2,1-2H3/t16-/m1/s1. The zero-order chi connectivity index (χ0) is 17.6. The first kappa shape index (κ1) is 18.1. The summed E-state index contributed by atoms with van der Waals surface area (Å²) >= 11 is 0. The van der Waals surface area contributed by atoms with Gasteiger partial charge in [0.25, 0.3) is 0 Å². The average molecular weight is 346 g/mol. The van der Waals surface area contributed by atoms with E-state index in [0.717, 1.165) is 82.4 Å². The molecule has 0 aromatic carbocycles. The molecule has 0 N–H and O–H groups in total. The zero-order valence-corrected chi connectivity index (χ0v) is 15.5. The summed E-state index contributed by atoms with van der Waals surface area (Å²) in [7, 11) is 0. The van der Waals surface area contributed by atoms with Crippen LogP contribution < -0.4 is 4.90 Å². The summed E-state index contributed by atoms with van der Waals surface area (Å²) in [5.74, 6) is 2.43. The molecule has 1 aromatic rings. The van der Waals surface area contributed by atoms with Crippen molar-refractivity contribution in [2.24, 2.45) is 0 Å². The highest BCUT2D eigenvalue weighted by Gasteiger charge is 2.26. The second-order valence-corrected chi connectivity index (χ2v) is 7.08. The van der Waals surface area contributed by atoms with Crippen molar-refractivity contribution in [3.63, 3.8) is 0 Å². The van der Waals surface area contributed by atoms with Crippen LogP contribution in [0.5, 0.6) is 0 Å². The van der Waals surface area contributed by atoms with Crippen LogP contribution in [0, 0.1) is 6.92 Å². The van der Waals surface area contributed by atoms with Crippen LogP contribution in [0.3, 0.4) is 0 Å². The summed E-state index contributed by atoms with van der Waals surface area (Å²) in [6.45, 7) is 9.03. The van der Waals surface area contributed by atoms with Crippen molar-refractivity contribution in [3.8, 4) is 0 Å². The highest BCUT2D eigenvalue weighted by molar-refractivity contribution is 5.76. The Labute approximate surface area is 150 Å². The average Bonchev–Trinajstić information content (AvgIpc) is 2.66. The number of carbonyl (C=O) groups is 1. The van der Waals surface area contributed by atoms with Gasteiger partial charge in [-0.25, -0.2) is 9.97 Å². The molecule has 1 aromatic heterocycles. The molecule has 0 radical (unpaired) electrons. The molecule has 3 rings (SSSR count). The van der Waals surface area contributed by atoms with Gasteiger partial charge in [0.2, 0.25) is 5.91 Å². The molecule has 0 bridgehead atoms. The molecule has 138 valence electrons. The molecule has 0 aliphatic carbocycles. The summed E-state index contributed by atoms with van der Waals surface area (Å²) in [4.78, 5) is 26.0. The molecule has 1 amide bonds. The molecule has 2 aliphatic rings. The third-order valence-electron chi connectivity index (χ3n) is 5.12. The maximum Gasteiger partial charge on any atom is 0.222 e. The number of nitrogens with zero attached hydrogens (tertiary/aromatic N) is 4. The van der Waals surface area contributed by atoms with E-state index in [-0.39, 0.29) is 0 Å². The number of unbranched alkanes of at least 4 members (excludes halogenated alkanes) is 1. The van der Waals surface area contributed by atoms with Crippen molar-refractivity contribution >= 4 is 11.7 Å². The van der Waals surface area contributed by atoms with Crippen LogP contribution in [0.15, 0.2) is 6.07 Å². The van der Waals surface area contributed by atoms with E-state index in [0.29, 0.717) is 18.2 Å². The molecule has 1 atom stereocenters. The third kappa shape index (κ3) is 4.69. The van der Waals surface area contributed by atoms with Crippen LogP contribution in [0.2, 0.25) is 0 Å². The van der Waals surface area contributed by atoms with Crippen molar-refractivity contribution in [2.75, 3.05) is 44.3 Å². The van der Waals surface area contributed by atoms with Crippen molar-refractivity contribution < 1.29 is 9.53 Å². The Morgan fingerprint density at radius 3 is 2.84 bits per heavy atom. The minimum Gasteiger partial charge on any atom is -0.378 e. The SMILES string of the molecule is CCCCC(=O)N1CCC[C@@H](c2cc(N3CCOCC3)nc(C)n2)C1. The molecule has 0 saturated carbocycles. The monoisotopic (exact) mass is 346 g/mol. The molecule has 2 saturated heterocycles. The summed E-state index contributed by atoms with van der Waals surface area (Å²) in [6, 6.07) is 2.13. The highest BCUT2D eigenvalue weighted by Crippen LogP contribution is 2.28. The van der Waals surface area contributed by atoms with Crippen LogP contribution in [-0.2, 0) is 9.53 Å². The Morgan fingerprint density at radius 1 is 1.28 bits per heavy atom. The number of aryl methyl sites for hydroxylation is 1. The lowest BCUT2D eigenvalue weighted by Gasteiger charge is -2.33. The highest BCUT2D eigenvalue weighted by atomic mass is 16.5. The summed E-state index contributed by atoms with van der Waals surface area (Å²) in [5.41, 5.74) is 1.09. The fraction of sp³-hybridized carbons (Fsp3) is 0.737. The number of amides is 1. The Hall–Kier alpha value is -1.69. The zero-order valence-electron chi connectivity index (χ0n) is 15.5. The van der Waals surface area contributed by atoms with E-state index in [9.17, 15) is 4.79 Å². The maximum atomic E-state index is 12.4. The predicted octanol–water partition coefficient (Wildman–Crippen LogP) is 2.52. The van der Waals surface area contributed by atoms with Gasteiger partial charge in [-0.15, -0.1) is 0 Å². The van der Waals surface area contributed by atoms with Gasteiger partial charge in [-0.3, -0.25) is 4.79 Å².